The molecule has 1 aromatic rings. The molecule has 12 heavy (non-hydrogen) atoms. The fraction of sp³-hybridized carbons (Fsp3) is 0.143. The Morgan fingerprint density at radius 3 is 3.00 bits per heavy atom. The molecule has 1 aliphatic rings. The minimum absolute atomic E-state index is 0.0431. The van der Waals surface area contributed by atoms with Crippen molar-refractivity contribution >= 4 is 23.3 Å². The number of carbonyl (C=O) groups is 1. The number of aliphatic imine (C=N–C) groups is 1. The first-order valence-corrected chi connectivity index (χ1v) is 4.23. The molecule has 62 valence electrons. The zero-order valence-electron chi connectivity index (χ0n) is 6.06. The van der Waals surface area contributed by atoms with Crippen molar-refractivity contribution in [3.05, 3.63) is 22.4 Å². The van der Waals surface area contributed by atoms with E-state index in [0.717, 1.165) is 4.88 Å². The van der Waals surface area contributed by atoms with Gasteiger partial charge in [-0.2, -0.15) is 4.99 Å². The van der Waals surface area contributed by atoms with E-state index in [1.807, 2.05) is 17.5 Å². The highest BCUT2D eigenvalue weighted by Gasteiger charge is 2.29. The van der Waals surface area contributed by atoms with Gasteiger partial charge < -0.3 is 10.5 Å². The summed E-state index contributed by atoms with van der Waals surface area (Å²) in [6, 6.07) is 3.63. The molecule has 0 radical (unpaired) electrons. The Hall–Kier alpha value is -1.36. The monoisotopic (exact) mass is 182 g/mol. The molecule has 4 nitrogen and oxygen atoms in total. The van der Waals surface area contributed by atoms with Crippen LogP contribution in [0.3, 0.4) is 0 Å². The largest absolute Gasteiger partial charge is 0.446 e. The molecule has 2 heterocycles. The van der Waals surface area contributed by atoms with Crippen LogP contribution < -0.4 is 5.73 Å². The number of hydrogen-bond donors (Lipinski definition) is 1. The van der Waals surface area contributed by atoms with Gasteiger partial charge in [-0.1, -0.05) is 6.07 Å². The zero-order valence-corrected chi connectivity index (χ0v) is 6.88. The number of nitrogens with two attached hydrogens (primary N) is 1. The van der Waals surface area contributed by atoms with Crippen molar-refractivity contribution in [1.82, 2.24) is 0 Å². The minimum atomic E-state index is -0.606. The predicted molar refractivity (Wildman–Crippen MR) is 44.8 cm³/mol. The molecule has 0 bridgehead atoms. The lowest BCUT2D eigenvalue weighted by Crippen LogP contribution is -2.13. The topological polar surface area (TPSA) is 64.7 Å². The second-order valence-electron chi connectivity index (χ2n) is 2.30. The Morgan fingerprint density at radius 2 is 2.50 bits per heavy atom. The number of nitrogens with zero attached hydrogens (tertiary/aromatic N) is 1. The molecule has 0 aliphatic carbocycles. The van der Waals surface area contributed by atoms with Gasteiger partial charge in [-0.05, 0) is 11.4 Å². The fourth-order valence-corrected chi connectivity index (χ4v) is 1.73. The van der Waals surface area contributed by atoms with Gasteiger partial charge in [-0.25, -0.2) is 0 Å². The number of ether oxygens (including phenoxy) is 1. The van der Waals surface area contributed by atoms with E-state index in [0.29, 0.717) is 0 Å². The van der Waals surface area contributed by atoms with Gasteiger partial charge in [-0.3, -0.25) is 4.79 Å². The van der Waals surface area contributed by atoms with E-state index in [1.54, 1.807) is 0 Å². The average Bonchev–Trinajstić information content (AvgIpc) is 2.58. The summed E-state index contributed by atoms with van der Waals surface area (Å²) in [5.41, 5.74) is 5.23. The van der Waals surface area contributed by atoms with Crippen molar-refractivity contribution in [3.63, 3.8) is 0 Å². The maximum absolute atomic E-state index is 11.1. The number of amidine groups is 1. The van der Waals surface area contributed by atoms with E-state index in [2.05, 4.69) is 4.99 Å². The molecule has 1 aliphatic heterocycles. The second-order valence-corrected chi connectivity index (χ2v) is 3.28. The smallest absolute Gasteiger partial charge is 0.296 e. The number of amides is 1. The number of thiophene rings is 1. The average molecular weight is 182 g/mol. The van der Waals surface area contributed by atoms with Crippen LogP contribution in [-0.2, 0) is 9.53 Å². The van der Waals surface area contributed by atoms with E-state index >= 15 is 0 Å². The van der Waals surface area contributed by atoms with E-state index in [9.17, 15) is 4.79 Å². The van der Waals surface area contributed by atoms with Crippen LogP contribution in [0.2, 0.25) is 0 Å². The summed E-state index contributed by atoms with van der Waals surface area (Å²) in [4.78, 5) is 15.4. The lowest BCUT2D eigenvalue weighted by molar-refractivity contribution is -0.122. The zero-order chi connectivity index (χ0) is 8.55. The lowest BCUT2D eigenvalue weighted by atomic mass is 10.3. The SMILES string of the molecule is NC1=NC(=O)C(c2cccs2)O1. The summed E-state index contributed by atoms with van der Waals surface area (Å²) in [6.45, 7) is 0. The van der Waals surface area contributed by atoms with Crippen molar-refractivity contribution in [1.29, 1.82) is 0 Å². The number of rotatable bonds is 1. The van der Waals surface area contributed by atoms with Crippen LogP contribution in [0, 0.1) is 0 Å². The third kappa shape index (κ3) is 1.08. The minimum Gasteiger partial charge on any atom is -0.446 e. The molecular formula is C7H6N2O2S. The van der Waals surface area contributed by atoms with Crippen LogP contribution in [0.25, 0.3) is 0 Å². The lowest BCUT2D eigenvalue weighted by Gasteiger charge is -2.03. The Labute approximate surface area is 72.7 Å². The first-order valence-electron chi connectivity index (χ1n) is 3.35. The molecule has 1 atom stereocenters. The second kappa shape index (κ2) is 2.60. The van der Waals surface area contributed by atoms with Crippen molar-refractivity contribution in [2.75, 3.05) is 0 Å². The molecule has 1 aromatic heterocycles. The third-order valence-electron chi connectivity index (χ3n) is 1.48. The standard InChI is InChI=1S/C7H6N2O2S/c8-7-9-6(10)5(11-7)4-2-1-3-12-4/h1-3,5H,(H2,8,9,10). The summed E-state index contributed by atoms with van der Waals surface area (Å²) in [6.07, 6.45) is -0.606. The van der Waals surface area contributed by atoms with Gasteiger partial charge in [-0.15, -0.1) is 11.3 Å². The molecule has 0 aromatic carbocycles. The number of carbonyl (C=O) groups excluding carboxylic acids is 1. The van der Waals surface area contributed by atoms with Gasteiger partial charge >= 0.3 is 0 Å². The molecule has 0 saturated carbocycles. The first kappa shape index (κ1) is 7.30. The third-order valence-corrected chi connectivity index (χ3v) is 2.40. The van der Waals surface area contributed by atoms with Crippen LogP contribution in [0.15, 0.2) is 22.5 Å². The quantitative estimate of drug-likeness (QED) is 0.693. The van der Waals surface area contributed by atoms with Gasteiger partial charge in [0, 0.05) is 0 Å². The normalized spacial score (nSPS) is 22.2. The highest BCUT2D eigenvalue weighted by atomic mass is 32.1. The molecule has 1 amide bonds. The van der Waals surface area contributed by atoms with Gasteiger partial charge in [0.05, 0.1) is 4.88 Å². The molecular weight excluding hydrogens is 176 g/mol. The Morgan fingerprint density at radius 1 is 1.67 bits per heavy atom. The van der Waals surface area contributed by atoms with Gasteiger partial charge in [0.2, 0.25) is 6.10 Å². The molecule has 0 spiro atoms. The summed E-state index contributed by atoms with van der Waals surface area (Å²) in [5, 5.41) is 1.88. The summed E-state index contributed by atoms with van der Waals surface area (Å²) in [5.74, 6) is -0.324. The van der Waals surface area contributed by atoms with Crippen molar-refractivity contribution in [2.24, 2.45) is 10.7 Å². The Bertz CT molecular complexity index is 331. The van der Waals surface area contributed by atoms with E-state index in [1.165, 1.54) is 11.3 Å². The van der Waals surface area contributed by atoms with Gasteiger partial charge in [0.25, 0.3) is 11.9 Å². The van der Waals surface area contributed by atoms with Crippen molar-refractivity contribution in [3.8, 4) is 0 Å². The number of hydrogen-bond acceptors (Lipinski definition) is 4. The fourth-order valence-electron chi connectivity index (χ4n) is 0.985. The summed E-state index contributed by atoms with van der Waals surface area (Å²) >= 11 is 1.45. The van der Waals surface area contributed by atoms with Crippen LogP contribution in [0.5, 0.6) is 0 Å². The van der Waals surface area contributed by atoms with Gasteiger partial charge in [0.15, 0.2) is 0 Å². The van der Waals surface area contributed by atoms with Crippen LogP contribution in [-0.4, -0.2) is 11.9 Å². The highest BCUT2D eigenvalue weighted by Crippen LogP contribution is 2.26. The van der Waals surface area contributed by atoms with Crippen LogP contribution >= 0.6 is 11.3 Å². The summed E-state index contributed by atoms with van der Waals surface area (Å²) < 4.78 is 5.01. The molecule has 0 saturated heterocycles. The van der Waals surface area contributed by atoms with Crippen LogP contribution in [0.4, 0.5) is 0 Å². The van der Waals surface area contributed by atoms with E-state index in [-0.39, 0.29) is 11.9 Å². The van der Waals surface area contributed by atoms with Crippen LogP contribution in [0.1, 0.15) is 11.0 Å². The Kier molecular flexibility index (Phi) is 1.58. The van der Waals surface area contributed by atoms with Crippen molar-refractivity contribution < 1.29 is 9.53 Å². The van der Waals surface area contributed by atoms with Crippen molar-refractivity contribution in [2.45, 2.75) is 6.10 Å². The molecule has 0 fully saturated rings. The van der Waals surface area contributed by atoms with E-state index in [4.69, 9.17) is 10.5 Å². The molecule has 2 rings (SSSR count). The summed E-state index contributed by atoms with van der Waals surface area (Å²) in [7, 11) is 0. The molecule has 5 heteroatoms. The van der Waals surface area contributed by atoms with E-state index < -0.39 is 6.10 Å². The first-order chi connectivity index (χ1) is 5.77. The molecule has 1 unspecified atom stereocenters. The predicted octanol–water partition coefficient (Wildman–Crippen LogP) is 0.661. The highest BCUT2D eigenvalue weighted by molar-refractivity contribution is 7.10. The maximum atomic E-state index is 11.1. The maximum Gasteiger partial charge on any atom is 0.296 e. The molecule has 2 N–H and O–H groups in total. The van der Waals surface area contributed by atoms with Gasteiger partial charge in [0.1, 0.15) is 0 Å². The Balaban J connectivity index is 2.25.